The topological polar surface area (TPSA) is 69.6 Å². The Bertz CT molecular complexity index is 771. The second kappa shape index (κ2) is 7.65. The van der Waals surface area contributed by atoms with E-state index in [1.54, 1.807) is 18.4 Å². The lowest BCUT2D eigenvalue weighted by molar-refractivity contribution is -0.117. The number of hydrogen-bond donors (Lipinski definition) is 2. The molecule has 6 nitrogen and oxygen atoms in total. The second-order valence-corrected chi connectivity index (χ2v) is 7.34. The van der Waals surface area contributed by atoms with Crippen LogP contribution in [-0.4, -0.2) is 36.5 Å². The highest BCUT2D eigenvalue weighted by molar-refractivity contribution is 7.11. The largest absolute Gasteiger partial charge is 0.351 e. The summed E-state index contributed by atoms with van der Waals surface area (Å²) in [6.45, 7) is 5.35. The SMILES string of the molecule is CN=C(NCc1sc(C)nc1C)NC1CC(=O)N(c2ccccc2)C1. The maximum atomic E-state index is 12.3. The summed E-state index contributed by atoms with van der Waals surface area (Å²) < 4.78 is 0. The molecule has 1 aliphatic rings. The van der Waals surface area contributed by atoms with Crippen molar-refractivity contribution >= 4 is 28.9 Å². The Hall–Kier alpha value is -2.41. The molecule has 1 atom stereocenters. The van der Waals surface area contributed by atoms with Gasteiger partial charge in [0.15, 0.2) is 5.96 Å². The molecule has 0 saturated carbocycles. The van der Waals surface area contributed by atoms with Gasteiger partial charge in [0.25, 0.3) is 0 Å². The maximum Gasteiger partial charge on any atom is 0.229 e. The van der Waals surface area contributed by atoms with Gasteiger partial charge in [-0.05, 0) is 26.0 Å². The van der Waals surface area contributed by atoms with Crippen LogP contribution in [-0.2, 0) is 11.3 Å². The molecule has 0 radical (unpaired) electrons. The Balaban J connectivity index is 1.57. The molecule has 132 valence electrons. The maximum absolute atomic E-state index is 12.3. The number of rotatable bonds is 4. The molecule has 1 aromatic carbocycles. The van der Waals surface area contributed by atoms with Crippen LogP contribution in [0, 0.1) is 13.8 Å². The van der Waals surface area contributed by atoms with E-state index < -0.39 is 0 Å². The molecule has 1 aromatic heterocycles. The average molecular weight is 357 g/mol. The van der Waals surface area contributed by atoms with Gasteiger partial charge in [-0.2, -0.15) is 0 Å². The Kier molecular flexibility index (Phi) is 5.33. The van der Waals surface area contributed by atoms with Gasteiger partial charge >= 0.3 is 0 Å². The minimum absolute atomic E-state index is 0.0446. The third-order valence-electron chi connectivity index (χ3n) is 4.17. The molecule has 7 heteroatoms. The lowest BCUT2D eigenvalue weighted by Crippen LogP contribution is -2.44. The summed E-state index contributed by atoms with van der Waals surface area (Å²) in [7, 11) is 1.74. The highest BCUT2D eigenvalue weighted by atomic mass is 32.1. The number of anilines is 1. The van der Waals surface area contributed by atoms with Gasteiger partial charge in [-0.25, -0.2) is 4.98 Å². The summed E-state index contributed by atoms with van der Waals surface area (Å²) in [4.78, 5) is 24.0. The molecule has 3 rings (SSSR count). The molecule has 25 heavy (non-hydrogen) atoms. The van der Waals surface area contributed by atoms with Crippen LogP contribution >= 0.6 is 11.3 Å². The molecule has 0 aliphatic carbocycles. The van der Waals surface area contributed by atoms with Crippen molar-refractivity contribution in [1.82, 2.24) is 15.6 Å². The third-order valence-corrected chi connectivity index (χ3v) is 5.25. The van der Waals surface area contributed by atoms with Gasteiger partial charge < -0.3 is 15.5 Å². The molecule has 1 fully saturated rings. The molecular formula is C18H23N5OS. The quantitative estimate of drug-likeness (QED) is 0.650. The number of carbonyl (C=O) groups excluding carboxylic acids is 1. The number of guanidine groups is 1. The Morgan fingerprint density at radius 2 is 2.12 bits per heavy atom. The van der Waals surface area contributed by atoms with E-state index in [1.807, 2.05) is 49.1 Å². The van der Waals surface area contributed by atoms with Gasteiger partial charge in [-0.3, -0.25) is 9.79 Å². The fourth-order valence-corrected chi connectivity index (χ4v) is 3.83. The van der Waals surface area contributed by atoms with Crippen molar-refractivity contribution in [1.29, 1.82) is 0 Å². The Morgan fingerprint density at radius 1 is 1.36 bits per heavy atom. The first-order chi connectivity index (χ1) is 12.1. The Morgan fingerprint density at radius 3 is 2.76 bits per heavy atom. The number of carbonyl (C=O) groups is 1. The van der Waals surface area contributed by atoms with Crippen LogP contribution < -0.4 is 15.5 Å². The first-order valence-corrected chi connectivity index (χ1v) is 9.14. The molecule has 1 unspecified atom stereocenters. The van der Waals surface area contributed by atoms with Crippen LogP contribution in [0.25, 0.3) is 0 Å². The van der Waals surface area contributed by atoms with Crippen LogP contribution in [0.3, 0.4) is 0 Å². The summed E-state index contributed by atoms with van der Waals surface area (Å²) >= 11 is 1.69. The fraction of sp³-hybridized carbons (Fsp3) is 0.389. The summed E-state index contributed by atoms with van der Waals surface area (Å²) in [5, 5.41) is 7.74. The van der Waals surface area contributed by atoms with E-state index in [4.69, 9.17) is 0 Å². The highest BCUT2D eigenvalue weighted by Crippen LogP contribution is 2.21. The summed E-state index contributed by atoms with van der Waals surface area (Å²) in [5.74, 6) is 0.839. The van der Waals surface area contributed by atoms with Crippen LogP contribution in [0.1, 0.15) is 22.0 Å². The highest BCUT2D eigenvalue weighted by Gasteiger charge is 2.31. The zero-order chi connectivity index (χ0) is 17.8. The van der Waals surface area contributed by atoms with E-state index in [1.165, 1.54) is 4.88 Å². The number of para-hydroxylation sites is 1. The molecule has 0 bridgehead atoms. The van der Waals surface area contributed by atoms with Crippen LogP contribution in [0.2, 0.25) is 0 Å². The van der Waals surface area contributed by atoms with E-state index in [-0.39, 0.29) is 11.9 Å². The van der Waals surface area contributed by atoms with Crippen LogP contribution in [0.4, 0.5) is 5.69 Å². The van der Waals surface area contributed by atoms with Crippen molar-refractivity contribution in [2.45, 2.75) is 32.9 Å². The van der Waals surface area contributed by atoms with E-state index >= 15 is 0 Å². The molecule has 2 heterocycles. The summed E-state index contributed by atoms with van der Waals surface area (Å²) in [6, 6.07) is 9.81. The molecule has 1 saturated heterocycles. The number of amides is 1. The van der Waals surface area contributed by atoms with Gasteiger partial charge in [0.2, 0.25) is 5.91 Å². The number of thiazole rings is 1. The van der Waals surface area contributed by atoms with Gasteiger partial charge in [-0.15, -0.1) is 11.3 Å². The zero-order valence-corrected chi connectivity index (χ0v) is 15.6. The second-order valence-electron chi connectivity index (χ2n) is 6.05. The van der Waals surface area contributed by atoms with Gasteiger partial charge in [0, 0.05) is 30.6 Å². The van der Waals surface area contributed by atoms with Crippen molar-refractivity contribution in [3.63, 3.8) is 0 Å². The van der Waals surface area contributed by atoms with E-state index in [2.05, 4.69) is 20.6 Å². The minimum Gasteiger partial charge on any atom is -0.351 e. The number of hydrogen-bond acceptors (Lipinski definition) is 4. The van der Waals surface area contributed by atoms with Crippen LogP contribution in [0.15, 0.2) is 35.3 Å². The van der Waals surface area contributed by atoms with Crippen molar-refractivity contribution in [3.8, 4) is 0 Å². The number of aromatic nitrogens is 1. The molecular weight excluding hydrogens is 334 g/mol. The normalized spacial score (nSPS) is 17.9. The molecule has 1 amide bonds. The number of aliphatic imine (C=N–C) groups is 1. The first kappa shape index (κ1) is 17.4. The number of aryl methyl sites for hydroxylation is 2. The van der Waals surface area contributed by atoms with Crippen molar-refractivity contribution in [2.75, 3.05) is 18.5 Å². The molecule has 2 N–H and O–H groups in total. The third kappa shape index (κ3) is 4.17. The van der Waals surface area contributed by atoms with E-state index in [0.29, 0.717) is 25.5 Å². The Labute approximate surface area is 152 Å². The predicted octanol–water partition coefficient (Wildman–Crippen LogP) is 2.23. The molecule has 0 spiro atoms. The van der Waals surface area contributed by atoms with Crippen molar-refractivity contribution in [2.24, 2.45) is 4.99 Å². The van der Waals surface area contributed by atoms with Gasteiger partial charge in [0.1, 0.15) is 0 Å². The van der Waals surface area contributed by atoms with Gasteiger partial charge in [-0.1, -0.05) is 18.2 Å². The summed E-state index contributed by atoms with van der Waals surface area (Å²) in [6.07, 6.45) is 0.467. The van der Waals surface area contributed by atoms with Crippen molar-refractivity contribution < 1.29 is 4.79 Å². The van der Waals surface area contributed by atoms with Crippen molar-refractivity contribution in [3.05, 3.63) is 45.9 Å². The summed E-state index contributed by atoms with van der Waals surface area (Å²) in [5.41, 5.74) is 1.99. The first-order valence-electron chi connectivity index (χ1n) is 8.32. The van der Waals surface area contributed by atoms with Gasteiger partial charge in [0.05, 0.1) is 23.3 Å². The predicted molar refractivity (Wildman–Crippen MR) is 102 cm³/mol. The molecule has 1 aliphatic heterocycles. The standard InChI is InChI=1S/C18H23N5OS/c1-12-16(25-13(2)21-12)10-20-18(19-3)22-14-9-17(24)23(11-14)15-7-5-4-6-8-15/h4-8,14H,9-11H2,1-3H3,(H2,19,20,22). The number of nitrogens with one attached hydrogen (secondary N) is 2. The lowest BCUT2D eigenvalue weighted by Gasteiger charge is -2.19. The van der Waals surface area contributed by atoms with E-state index in [9.17, 15) is 4.79 Å². The monoisotopic (exact) mass is 357 g/mol. The lowest BCUT2D eigenvalue weighted by atomic mass is 10.2. The minimum atomic E-state index is 0.0446. The molecule has 2 aromatic rings. The smallest absolute Gasteiger partial charge is 0.229 e. The van der Waals surface area contributed by atoms with E-state index in [0.717, 1.165) is 16.4 Å². The van der Waals surface area contributed by atoms with Crippen LogP contribution in [0.5, 0.6) is 0 Å². The number of nitrogens with zero attached hydrogens (tertiary/aromatic N) is 3. The fourth-order valence-electron chi connectivity index (χ4n) is 2.95. The average Bonchev–Trinajstić information content (AvgIpc) is 3.13. The zero-order valence-electron chi connectivity index (χ0n) is 14.7. The number of benzene rings is 1.